The zero-order valence-electron chi connectivity index (χ0n) is 8.65. The topological polar surface area (TPSA) is 17.1 Å². The molecule has 0 spiro atoms. The van der Waals surface area contributed by atoms with Gasteiger partial charge in [0.05, 0.1) is 6.42 Å². The van der Waals surface area contributed by atoms with Crippen LogP contribution in [0.25, 0.3) is 0 Å². The molecule has 6 heteroatoms. The predicted octanol–water partition coefficient (Wildman–Crippen LogP) is 3.42. The molecule has 17 heavy (non-hydrogen) atoms. The molecule has 0 amide bonds. The Morgan fingerprint density at radius 1 is 1.06 bits per heavy atom. The largest absolute Gasteiger partial charge is 0.389 e. The summed E-state index contributed by atoms with van der Waals surface area (Å²) in [5.74, 6) is -2.42. The molecular weight excluding hydrogens is 243 g/mol. The van der Waals surface area contributed by atoms with Crippen LogP contribution < -0.4 is 0 Å². The standard InChI is InChI=1S/C11H9F5O/c12-8-3-7(4-9(13)6-8)5-10(17)1-2-11(14,15)16/h3-4,6H,1-2,5H2. The molecule has 0 saturated carbocycles. The first kappa shape index (κ1) is 13.6. The maximum absolute atomic E-state index is 12.7. The minimum absolute atomic E-state index is 0.0367. The van der Waals surface area contributed by atoms with E-state index < -0.39 is 42.9 Å². The molecule has 1 aromatic rings. The van der Waals surface area contributed by atoms with Crippen molar-refractivity contribution in [3.05, 3.63) is 35.4 Å². The van der Waals surface area contributed by atoms with Gasteiger partial charge in [0.1, 0.15) is 17.4 Å². The van der Waals surface area contributed by atoms with E-state index in [4.69, 9.17) is 0 Å². The summed E-state index contributed by atoms with van der Waals surface area (Å²) >= 11 is 0. The van der Waals surface area contributed by atoms with Crippen LogP contribution in [-0.2, 0) is 11.2 Å². The van der Waals surface area contributed by atoms with Crippen LogP contribution in [0.15, 0.2) is 18.2 Å². The lowest BCUT2D eigenvalue weighted by atomic mass is 10.1. The first-order valence-corrected chi connectivity index (χ1v) is 4.80. The Morgan fingerprint density at radius 2 is 1.59 bits per heavy atom. The van der Waals surface area contributed by atoms with Crippen molar-refractivity contribution in [1.82, 2.24) is 0 Å². The molecular formula is C11H9F5O. The number of carbonyl (C=O) groups excluding carboxylic acids is 1. The average Bonchev–Trinajstić information content (AvgIpc) is 2.11. The number of benzene rings is 1. The number of hydrogen-bond acceptors (Lipinski definition) is 1. The smallest absolute Gasteiger partial charge is 0.299 e. The van der Waals surface area contributed by atoms with Gasteiger partial charge in [-0.05, 0) is 17.7 Å². The first-order chi connectivity index (χ1) is 7.76. The number of alkyl halides is 3. The van der Waals surface area contributed by atoms with Gasteiger partial charge in [0, 0.05) is 18.9 Å². The molecule has 0 aliphatic carbocycles. The van der Waals surface area contributed by atoms with Crippen LogP contribution in [0.4, 0.5) is 22.0 Å². The Hall–Kier alpha value is -1.46. The van der Waals surface area contributed by atoms with E-state index in [1.54, 1.807) is 0 Å². The van der Waals surface area contributed by atoms with Crippen LogP contribution in [0.2, 0.25) is 0 Å². The van der Waals surface area contributed by atoms with Crippen molar-refractivity contribution < 1.29 is 26.7 Å². The number of halogens is 5. The molecule has 1 aromatic carbocycles. The molecule has 0 saturated heterocycles. The van der Waals surface area contributed by atoms with Crippen molar-refractivity contribution in [2.24, 2.45) is 0 Å². The molecule has 0 atom stereocenters. The predicted molar refractivity (Wildman–Crippen MR) is 50.4 cm³/mol. The van der Waals surface area contributed by atoms with Crippen molar-refractivity contribution in [2.45, 2.75) is 25.4 Å². The van der Waals surface area contributed by atoms with Gasteiger partial charge in [-0.25, -0.2) is 8.78 Å². The second-order valence-electron chi connectivity index (χ2n) is 3.61. The minimum Gasteiger partial charge on any atom is -0.299 e. The van der Waals surface area contributed by atoms with Crippen molar-refractivity contribution in [3.63, 3.8) is 0 Å². The maximum atomic E-state index is 12.7. The van der Waals surface area contributed by atoms with Crippen LogP contribution >= 0.6 is 0 Å². The van der Waals surface area contributed by atoms with E-state index in [9.17, 15) is 26.7 Å². The normalized spacial score (nSPS) is 11.6. The number of carbonyl (C=O) groups is 1. The number of Topliss-reactive ketones (excluding diaryl/α,β-unsaturated/α-hetero) is 1. The molecule has 0 aliphatic rings. The van der Waals surface area contributed by atoms with E-state index in [0.29, 0.717) is 6.07 Å². The molecule has 0 unspecified atom stereocenters. The third-order valence-electron chi connectivity index (χ3n) is 2.01. The highest BCUT2D eigenvalue weighted by Crippen LogP contribution is 2.22. The summed E-state index contributed by atoms with van der Waals surface area (Å²) in [6, 6.07) is 2.48. The third kappa shape index (κ3) is 5.42. The van der Waals surface area contributed by atoms with Gasteiger partial charge in [0.25, 0.3) is 0 Å². The van der Waals surface area contributed by atoms with E-state index in [1.807, 2.05) is 0 Å². The zero-order valence-corrected chi connectivity index (χ0v) is 8.65. The lowest BCUT2D eigenvalue weighted by Gasteiger charge is -2.05. The quantitative estimate of drug-likeness (QED) is 0.750. The summed E-state index contributed by atoms with van der Waals surface area (Å²) in [4.78, 5) is 11.1. The van der Waals surface area contributed by atoms with Crippen molar-refractivity contribution in [1.29, 1.82) is 0 Å². The van der Waals surface area contributed by atoms with Gasteiger partial charge in [-0.1, -0.05) is 0 Å². The number of rotatable bonds is 4. The summed E-state index contributed by atoms with van der Waals surface area (Å²) < 4.78 is 60.9. The summed E-state index contributed by atoms with van der Waals surface area (Å²) in [6.07, 6.45) is -6.70. The second kappa shape index (κ2) is 5.25. The summed E-state index contributed by atoms with van der Waals surface area (Å²) in [5, 5.41) is 0. The Kier molecular flexibility index (Phi) is 4.20. The Morgan fingerprint density at radius 3 is 2.06 bits per heavy atom. The lowest BCUT2D eigenvalue weighted by molar-refractivity contribution is -0.143. The lowest BCUT2D eigenvalue weighted by Crippen LogP contribution is -2.12. The van der Waals surface area contributed by atoms with E-state index in [1.165, 1.54) is 0 Å². The molecule has 0 fully saturated rings. The molecule has 1 nitrogen and oxygen atoms in total. The summed E-state index contributed by atoms with van der Waals surface area (Å²) in [7, 11) is 0. The molecule has 0 aliphatic heterocycles. The van der Waals surface area contributed by atoms with Gasteiger partial charge < -0.3 is 0 Å². The van der Waals surface area contributed by atoms with E-state index >= 15 is 0 Å². The van der Waals surface area contributed by atoms with Crippen molar-refractivity contribution in [3.8, 4) is 0 Å². The zero-order chi connectivity index (χ0) is 13.1. The van der Waals surface area contributed by atoms with Crippen LogP contribution in [0.1, 0.15) is 18.4 Å². The van der Waals surface area contributed by atoms with Gasteiger partial charge >= 0.3 is 6.18 Å². The molecule has 0 heterocycles. The Labute approximate surface area is 94.2 Å². The summed E-state index contributed by atoms with van der Waals surface area (Å²) in [6.45, 7) is 0. The fourth-order valence-corrected chi connectivity index (χ4v) is 1.31. The molecule has 0 radical (unpaired) electrons. The Balaban J connectivity index is 2.56. The van der Waals surface area contributed by atoms with Gasteiger partial charge in [-0.2, -0.15) is 13.2 Å². The number of ketones is 1. The van der Waals surface area contributed by atoms with Crippen molar-refractivity contribution in [2.75, 3.05) is 0 Å². The second-order valence-corrected chi connectivity index (χ2v) is 3.61. The molecule has 94 valence electrons. The van der Waals surface area contributed by atoms with Crippen LogP contribution in [0, 0.1) is 11.6 Å². The average molecular weight is 252 g/mol. The van der Waals surface area contributed by atoms with Crippen molar-refractivity contribution >= 4 is 5.78 Å². The SMILES string of the molecule is O=C(CCC(F)(F)F)Cc1cc(F)cc(F)c1. The van der Waals surface area contributed by atoms with Gasteiger partial charge in [0.2, 0.25) is 0 Å². The van der Waals surface area contributed by atoms with Crippen LogP contribution in [0.5, 0.6) is 0 Å². The minimum atomic E-state index is -4.40. The third-order valence-corrected chi connectivity index (χ3v) is 2.01. The summed E-state index contributed by atoms with van der Waals surface area (Å²) in [5.41, 5.74) is 0.0367. The van der Waals surface area contributed by atoms with E-state index in [0.717, 1.165) is 12.1 Å². The molecule has 0 N–H and O–H groups in total. The van der Waals surface area contributed by atoms with Gasteiger partial charge in [0.15, 0.2) is 0 Å². The fraction of sp³-hybridized carbons (Fsp3) is 0.364. The maximum Gasteiger partial charge on any atom is 0.389 e. The molecule has 0 aromatic heterocycles. The highest BCUT2D eigenvalue weighted by molar-refractivity contribution is 5.80. The van der Waals surface area contributed by atoms with E-state index in [2.05, 4.69) is 0 Å². The monoisotopic (exact) mass is 252 g/mol. The highest BCUT2D eigenvalue weighted by atomic mass is 19.4. The first-order valence-electron chi connectivity index (χ1n) is 4.80. The van der Waals surface area contributed by atoms with E-state index in [-0.39, 0.29) is 5.56 Å². The molecule has 0 bridgehead atoms. The van der Waals surface area contributed by atoms with Crippen LogP contribution in [0.3, 0.4) is 0 Å². The Bertz CT molecular complexity index is 391. The van der Waals surface area contributed by atoms with Crippen LogP contribution in [-0.4, -0.2) is 12.0 Å². The van der Waals surface area contributed by atoms with Gasteiger partial charge in [-0.3, -0.25) is 4.79 Å². The van der Waals surface area contributed by atoms with Gasteiger partial charge in [-0.15, -0.1) is 0 Å². The fourth-order valence-electron chi connectivity index (χ4n) is 1.31. The number of hydrogen-bond donors (Lipinski definition) is 0. The molecule has 1 rings (SSSR count). The highest BCUT2D eigenvalue weighted by Gasteiger charge is 2.27.